The smallest absolute Gasteiger partial charge is 0.328 e. The predicted molar refractivity (Wildman–Crippen MR) is 73.1 cm³/mol. The van der Waals surface area contributed by atoms with Crippen LogP contribution >= 0.6 is 12.4 Å². The van der Waals surface area contributed by atoms with Gasteiger partial charge >= 0.3 is 5.97 Å². The number of methoxy groups -OCH3 is 1. The standard InChI is InChI=1S/C13H16N2O3.ClH/c1-18-13(17)11-7-10(14)8-15(11)12(16)9-5-3-2-4-6-9;/h2-6,10-11H,7-8,14H2,1H3;1H. The van der Waals surface area contributed by atoms with E-state index < -0.39 is 12.0 Å². The average molecular weight is 285 g/mol. The monoisotopic (exact) mass is 284 g/mol. The van der Waals surface area contributed by atoms with Crippen molar-refractivity contribution in [1.29, 1.82) is 0 Å². The molecule has 0 spiro atoms. The molecule has 19 heavy (non-hydrogen) atoms. The number of rotatable bonds is 2. The maximum absolute atomic E-state index is 12.3. The first-order valence-corrected chi connectivity index (χ1v) is 5.83. The number of hydrogen-bond acceptors (Lipinski definition) is 4. The quantitative estimate of drug-likeness (QED) is 0.816. The predicted octanol–water partition coefficient (Wildman–Crippen LogP) is 0.823. The van der Waals surface area contributed by atoms with Gasteiger partial charge in [-0.15, -0.1) is 12.4 Å². The molecule has 0 radical (unpaired) electrons. The van der Waals surface area contributed by atoms with Gasteiger partial charge in [0.2, 0.25) is 0 Å². The first kappa shape index (κ1) is 15.5. The van der Waals surface area contributed by atoms with E-state index in [2.05, 4.69) is 0 Å². The summed E-state index contributed by atoms with van der Waals surface area (Å²) in [6, 6.07) is 8.11. The topological polar surface area (TPSA) is 72.6 Å². The molecule has 1 amide bonds. The van der Waals surface area contributed by atoms with E-state index in [1.165, 1.54) is 12.0 Å². The van der Waals surface area contributed by atoms with Crippen LogP contribution in [0, 0.1) is 0 Å². The summed E-state index contributed by atoms with van der Waals surface area (Å²) in [5.74, 6) is -0.591. The first-order valence-electron chi connectivity index (χ1n) is 5.83. The molecule has 0 aliphatic carbocycles. The highest BCUT2D eigenvalue weighted by Crippen LogP contribution is 2.20. The Hall–Kier alpha value is -1.59. The Balaban J connectivity index is 0.00000180. The van der Waals surface area contributed by atoms with Crippen LogP contribution in [0.25, 0.3) is 0 Å². The Kier molecular flexibility index (Phi) is 5.32. The lowest BCUT2D eigenvalue weighted by Gasteiger charge is -2.22. The molecule has 6 heteroatoms. The van der Waals surface area contributed by atoms with Crippen LogP contribution in [-0.2, 0) is 9.53 Å². The number of carbonyl (C=O) groups excluding carboxylic acids is 2. The van der Waals surface area contributed by atoms with E-state index in [0.717, 1.165) is 0 Å². The second-order valence-corrected chi connectivity index (χ2v) is 4.36. The van der Waals surface area contributed by atoms with Gasteiger partial charge in [-0.1, -0.05) is 18.2 Å². The Morgan fingerprint density at radius 1 is 1.32 bits per heavy atom. The van der Waals surface area contributed by atoms with E-state index in [0.29, 0.717) is 18.5 Å². The van der Waals surface area contributed by atoms with Crippen LogP contribution in [0.2, 0.25) is 0 Å². The minimum Gasteiger partial charge on any atom is -0.467 e. The summed E-state index contributed by atoms with van der Waals surface area (Å²) in [7, 11) is 1.32. The molecular formula is C13H17ClN2O3. The molecule has 1 aliphatic heterocycles. The SMILES string of the molecule is COC(=O)C1CC(N)CN1C(=O)c1ccccc1.Cl. The lowest BCUT2D eigenvalue weighted by molar-refractivity contribution is -0.145. The number of amides is 1. The van der Waals surface area contributed by atoms with Crippen molar-refractivity contribution in [3.05, 3.63) is 35.9 Å². The molecule has 2 rings (SSSR count). The number of ether oxygens (including phenoxy) is 1. The number of benzene rings is 1. The Morgan fingerprint density at radius 3 is 2.53 bits per heavy atom. The summed E-state index contributed by atoms with van der Waals surface area (Å²) >= 11 is 0. The van der Waals surface area contributed by atoms with E-state index in [1.807, 2.05) is 6.07 Å². The molecule has 1 heterocycles. The van der Waals surface area contributed by atoms with Crippen molar-refractivity contribution < 1.29 is 14.3 Å². The zero-order valence-electron chi connectivity index (χ0n) is 10.6. The zero-order valence-corrected chi connectivity index (χ0v) is 11.4. The molecule has 0 bridgehead atoms. The van der Waals surface area contributed by atoms with E-state index in [1.54, 1.807) is 24.3 Å². The van der Waals surface area contributed by atoms with Gasteiger partial charge in [0.25, 0.3) is 5.91 Å². The Morgan fingerprint density at radius 2 is 1.95 bits per heavy atom. The minimum atomic E-state index is -0.572. The molecule has 0 aromatic heterocycles. The zero-order chi connectivity index (χ0) is 13.1. The highest BCUT2D eigenvalue weighted by atomic mass is 35.5. The lowest BCUT2D eigenvalue weighted by Crippen LogP contribution is -2.41. The third-order valence-electron chi connectivity index (χ3n) is 3.09. The Labute approximate surface area is 118 Å². The minimum absolute atomic E-state index is 0. The highest BCUT2D eigenvalue weighted by molar-refractivity contribution is 5.97. The molecule has 1 saturated heterocycles. The summed E-state index contributed by atoms with van der Waals surface area (Å²) in [4.78, 5) is 25.4. The van der Waals surface area contributed by atoms with Gasteiger partial charge in [0.05, 0.1) is 7.11 Å². The summed E-state index contributed by atoms with van der Waals surface area (Å²) in [6.45, 7) is 0.382. The molecule has 1 aromatic rings. The number of nitrogens with two attached hydrogens (primary N) is 1. The Bertz CT molecular complexity index is 452. The van der Waals surface area contributed by atoms with Gasteiger partial charge in [-0.2, -0.15) is 0 Å². The molecule has 1 fully saturated rings. The summed E-state index contributed by atoms with van der Waals surface area (Å²) in [5.41, 5.74) is 6.38. The normalized spacial score (nSPS) is 21.7. The maximum Gasteiger partial charge on any atom is 0.328 e. The van der Waals surface area contributed by atoms with Crippen LogP contribution in [0.1, 0.15) is 16.8 Å². The number of esters is 1. The lowest BCUT2D eigenvalue weighted by atomic mass is 10.1. The number of carbonyl (C=O) groups is 2. The van der Waals surface area contributed by atoms with E-state index in [-0.39, 0.29) is 24.4 Å². The van der Waals surface area contributed by atoms with Gasteiger partial charge in [0, 0.05) is 18.2 Å². The number of hydrogen-bond donors (Lipinski definition) is 1. The molecule has 2 N–H and O–H groups in total. The highest BCUT2D eigenvalue weighted by Gasteiger charge is 2.39. The molecule has 0 saturated carbocycles. The van der Waals surface area contributed by atoms with E-state index in [4.69, 9.17) is 10.5 Å². The van der Waals surface area contributed by atoms with Crippen molar-refractivity contribution in [2.24, 2.45) is 5.73 Å². The second kappa shape index (κ2) is 6.54. The van der Waals surface area contributed by atoms with Crippen molar-refractivity contribution in [3.8, 4) is 0 Å². The van der Waals surface area contributed by atoms with Crippen LogP contribution in [0.15, 0.2) is 30.3 Å². The van der Waals surface area contributed by atoms with Crippen LogP contribution in [-0.4, -0.2) is 42.5 Å². The number of likely N-dealkylation sites (tertiary alicyclic amines) is 1. The molecule has 5 nitrogen and oxygen atoms in total. The molecule has 1 aromatic carbocycles. The molecular weight excluding hydrogens is 268 g/mol. The molecule has 104 valence electrons. The van der Waals surface area contributed by atoms with Crippen molar-refractivity contribution in [2.45, 2.75) is 18.5 Å². The summed E-state index contributed by atoms with van der Waals surface area (Å²) in [6.07, 6.45) is 0.450. The number of nitrogens with zero attached hydrogens (tertiary/aromatic N) is 1. The summed E-state index contributed by atoms with van der Waals surface area (Å²) in [5, 5.41) is 0. The molecule has 2 atom stereocenters. The van der Waals surface area contributed by atoms with Gasteiger partial charge in [-0.05, 0) is 18.6 Å². The van der Waals surface area contributed by atoms with Crippen molar-refractivity contribution in [2.75, 3.05) is 13.7 Å². The van der Waals surface area contributed by atoms with Crippen molar-refractivity contribution >= 4 is 24.3 Å². The summed E-state index contributed by atoms with van der Waals surface area (Å²) < 4.78 is 4.71. The fourth-order valence-electron chi connectivity index (χ4n) is 2.20. The van der Waals surface area contributed by atoms with Gasteiger partial charge in [0.15, 0.2) is 0 Å². The maximum atomic E-state index is 12.3. The van der Waals surface area contributed by atoms with Crippen LogP contribution in [0.3, 0.4) is 0 Å². The fourth-order valence-corrected chi connectivity index (χ4v) is 2.20. The molecule has 2 unspecified atom stereocenters. The third-order valence-corrected chi connectivity index (χ3v) is 3.09. The second-order valence-electron chi connectivity index (χ2n) is 4.36. The van der Waals surface area contributed by atoms with Gasteiger partial charge in [0.1, 0.15) is 6.04 Å². The average Bonchev–Trinajstić information content (AvgIpc) is 2.80. The van der Waals surface area contributed by atoms with Crippen LogP contribution in [0.4, 0.5) is 0 Å². The van der Waals surface area contributed by atoms with Crippen molar-refractivity contribution in [3.63, 3.8) is 0 Å². The van der Waals surface area contributed by atoms with Gasteiger partial charge in [-0.25, -0.2) is 4.79 Å². The van der Waals surface area contributed by atoms with E-state index >= 15 is 0 Å². The van der Waals surface area contributed by atoms with Crippen LogP contribution < -0.4 is 5.73 Å². The number of halogens is 1. The van der Waals surface area contributed by atoms with Crippen molar-refractivity contribution in [1.82, 2.24) is 4.90 Å². The van der Waals surface area contributed by atoms with Crippen LogP contribution in [0.5, 0.6) is 0 Å². The molecule has 1 aliphatic rings. The largest absolute Gasteiger partial charge is 0.467 e. The third kappa shape index (κ3) is 3.24. The van der Waals surface area contributed by atoms with E-state index in [9.17, 15) is 9.59 Å². The van der Waals surface area contributed by atoms with Gasteiger partial charge < -0.3 is 15.4 Å². The van der Waals surface area contributed by atoms with Gasteiger partial charge in [-0.3, -0.25) is 4.79 Å². The fraction of sp³-hybridized carbons (Fsp3) is 0.385. The first-order chi connectivity index (χ1) is 8.63.